The first-order valence-corrected chi connectivity index (χ1v) is 7.58. The van der Waals surface area contributed by atoms with Gasteiger partial charge in [0.25, 0.3) is 0 Å². The van der Waals surface area contributed by atoms with Crippen molar-refractivity contribution in [1.82, 2.24) is 14.8 Å². The van der Waals surface area contributed by atoms with Gasteiger partial charge in [-0.1, -0.05) is 23.9 Å². The lowest BCUT2D eigenvalue weighted by Gasteiger charge is -2.07. The Morgan fingerprint density at radius 2 is 2.42 bits per heavy atom. The van der Waals surface area contributed by atoms with E-state index in [2.05, 4.69) is 16.8 Å². The van der Waals surface area contributed by atoms with Gasteiger partial charge in [-0.2, -0.15) is 0 Å². The summed E-state index contributed by atoms with van der Waals surface area (Å²) in [5.74, 6) is 1.20. The Labute approximate surface area is 119 Å². The topological polar surface area (TPSA) is 73.8 Å². The van der Waals surface area contributed by atoms with Crippen LogP contribution in [0.2, 0.25) is 0 Å². The molecule has 0 atom stereocenters. The first-order chi connectivity index (χ1) is 9.22. The second-order valence-electron chi connectivity index (χ2n) is 3.75. The van der Waals surface area contributed by atoms with Crippen molar-refractivity contribution in [2.24, 2.45) is 5.73 Å². The van der Waals surface area contributed by atoms with Gasteiger partial charge in [-0.05, 0) is 11.4 Å². The summed E-state index contributed by atoms with van der Waals surface area (Å²) < 4.78 is 1.94. The SMILES string of the molecule is C=CCSc1nnc(-c2cccs2)n1CCC(N)=O. The molecule has 0 spiro atoms. The molecule has 0 aromatic carbocycles. The number of amides is 1. The molecule has 0 aliphatic carbocycles. The Morgan fingerprint density at radius 3 is 3.05 bits per heavy atom. The van der Waals surface area contributed by atoms with E-state index in [1.807, 2.05) is 28.2 Å². The maximum absolute atomic E-state index is 11.0. The minimum Gasteiger partial charge on any atom is -0.370 e. The van der Waals surface area contributed by atoms with Crippen LogP contribution < -0.4 is 5.73 Å². The molecule has 0 unspecified atom stereocenters. The number of rotatable bonds is 7. The average Bonchev–Trinajstić information content (AvgIpc) is 3.02. The standard InChI is InChI=1S/C12H14N4OS2/c1-2-7-19-12-15-14-11(9-4-3-8-18-9)16(12)6-5-10(13)17/h2-4,8H,1,5-7H2,(H2,13,17). The lowest BCUT2D eigenvalue weighted by Crippen LogP contribution is -2.14. The van der Waals surface area contributed by atoms with E-state index in [9.17, 15) is 4.79 Å². The number of nitrogens with two attached hydrogens (primary N) is 1. The number of nitrogens with zero attached hydrogens (tertiary/aromatic N) is 3. The van der Waals surface area contributed by atoms with E-state index in [1.54, 1.807) is 23.1 Å². The molecule has 5 nitrogen and oxygen atoms in total. The van der Waals surface area contributed by atoms with Gasteiger partial charge in [0.15, 0.2) is 11.0 Å². The van der Waals surface area contributed by atoms with Gasteiger partial charge in [0.1, 0.15) is 0 Å². The van der Waals surface area contributed by atoms with Gasteiger partial charge in [-0.3, -0.25) is 4.79 Å². The number of hydrogen-bond acceptors (Lipinski definition) is 5. The first-order valence-electron chi connectivity index (χ1n) is 5.71. The van der Waals surface area contributed by atoms with E-state index in [0.717, 1.165) is 21.6 Å². The molecule has 0 aliphatic rings. The van der Waals surface area contributed by atoms with E-state index in [0.29, 0.717) is 6.54 Å². The highest BCUT2D eigenvalue weighted by molar-refractivity contribution is 7.99. The van der Waals surface area contributed by atoms with Crippen molar-refractivity contribution < 1.29 is 4.79 Å². The maximum atomic E-state index is 11.0. The Hall–Kier alpha value is -1.60. The fourth-order valence-electron chi connectivity index (χ4n) is 1.54. The number of carbonyl (C=O) groups excluding carboxylic acids is 1. The van der Waals surface area contributed by atoms with Crippen molar-refractivity contribution in [2.45, 2.75) is 18.1 Å². The molecule has 0 saturated heterocycles. The number of primary amides is 1. The molecule has 2 aromatic rings. The smallest absolute Gasteiger partial charge is 0.219 e. The largest absolute Gasteiger partial charge is 0.370 e. The van der Waals surface area contributed by atoms with Crippen LogP contribution in [0.25, 0.3) is 10.7 Å². The van der Waals surface area contributed by atoms with Gasteiger partial charge >= 0.3 is 0 Å². The van der Waals surface area contributed by atoms with Crippen molar-refractivity contribution in [3.63, 3.8) is 0 Å². The quantitative estimate of drug-likeness (QED) is 0.627. The van der Waals surface area contributed by atoms with E-state index in [1.165, 1.54) is 0 Å². The zero-order valence-corrected chi connectivity index (χ0v) is 11.9. The fourth-order valence-corrected chi connectivity index (χ4v) is 2.96. The lowest BCUT2D eigenvalue weighted by molar-refractivity contribution is -0.118. The van der Waals surface area contributed by atoms with Crippen molar-refractivity contribution >= 4 is 29.0 Å². The van der Waals surface area contributed by atoms with Crippen molar-refractivity contribution in [3.8, 4) is 10.7 Å². The Morgan fingerprint density at radius 1 is 1.58 bits per heavy atom. The minimum atomic E-state index is -0.328. The summed E-state index contributed by atoms with van der Waals surface area (Å²) in [5, 5.41) is 11.1. The second-order valence-corrected chi connectivity index (χ2v) is 5.69. The van der Waals surface area contributed by atoms with Crippen LogP contribution in [-0.4, -0.2) is 26.4 Å². The minimum absolute atomic E-state index is 0.276. The summed E-state index contributed by atoms with van der Waals surface area (Å²) in [5.41, 5.74) is 5.21. The third-order valence-corrected chi connectivity index (χ3v) is 4.20. The molecule has 2 rings (SSSR count). The van der Waals surface area contributed by atoms with Crippen LogP contribution in [0.1, 0.15) is 6.42 Å². The molecule has 19 heavy (non-hydrogen) atoms. The fraction of sp³-hybridized carbons (Fsp3) is 0.250. The summed E-state index contributed by atoms with van der Waals surface area (Å²) in [6.07, 6.45) is 2.08. The van der Waals surface area contributed by atoms with Crippen LogP contribution in [0.15, 0.2) is 35.3 Å². The molecule has 0 bridgehead atoms. The van der Waals surface area contributed by atoms with E-state index in [4.69, 9.17) is 5.73 Å². The first kappa shape index (κ1) is 13.8. The molecule has 2 heterocycles. The van der Waals surface area contributed by atoms with Gasteiger partial charge in [0.2, 0.25) is 5.91 Å². The Bertz CT molecular complexity index is 562. The molecule has 1 amide bonds. The number of aromatic nitrogens is 3. The third kappa shape index (κ3) is 3.45. The van der Waals surface area contributed by atoms with Gasteiger partial charge in [-0.25, -0.2) is 0 Å². The van der Waals surface area contributed by atoms with Crippen LogP contribution in [-0.2, 0) is 11.3 Å². The third-order valence-electron chi connectivity index (χ3n) is 2.37. The molecule has 100 valence electrons. The molecule has 2 N–H and O–H groups in total. The number of thioether (sulfide) groups is 1. The molecule has 0 radical (unpaired) electrons. The number of hydrogen-bond donors (Lipinski definition) is 1. The predicted molar refractivity (Wildman–Crippen MR) is 78.1 cm³/mol. The van der Waals surface area contributed by atoms with Crippen LogP contribution >= 0.6 is 23.1 Å². The van der Waals surface area contributed by atoms with Gasteiger partial charge in [0, 0.05) is 18.7 Å². The maximum Gasteiger partial charge on any atom is 0.219 e. The summed E-state index contributed by atoms with van der Waals surface area (Å²) in [6.45, 7) is 4.18. The Kier molecular flexibility index (Phi) is 4.75. The van der Waals surface area contributed by atoms with Crippen LogP contribution in [0.5, 0.6) is 0 Å². The van der Waals surface area contributed by atoms with Crippen LogP contribution in [0, 0.1) is 0 Å². The number of thiophene rings is 1. The van der Waals surface area contributed by atoms with Gasteiger partial charge in [0.05, 0.1) is 4.88 Å². The second kappa shape index (κ2) is 6.53. The lowest BCUT2D eigenvalue weighted by atomic mass is 10.4. The molecule has 0 saturated carbocycles. The number of carbonyl (C=O) groups is 1. The highest BCUT2D eigenvalue weighted by atomic mass is 32.2. The van der Waals surface area contributed by atoms with E-state index >= 15 is 0 Å². The molecule has 0 fully saturated rings. The van der Waals surface area contributed by atoms with E-state index < -0.39 is 0 Å². The molecular weight excluding hydrogens is 280 g/mol. The van der Waals surface area contributed by atoms with Crippen molar-refractivity contribution in [1.29, 1.82) is 0 Å². The average molecular weight is 294 g/mol. The van der Waals surface area contributed by atoms with Crippen molar-refractivity contribution in [2.75, 3.05) is 5.75 Å². The van der Waals surface area contributed by atoms with Crippen LogP contribution in [0.3, 0.4) is 0 Å². The summed E-state index contributed by atoms with van der Waals surface area (Å²) >= 11 is 3.13. The summed E-state index contributed by atoms with van der Waals surface area (Å²) in [4.78, 5) is 12.0. The predicted octanol–water partition coefficient (Wildman–Crippen LogP) is 2.16. The highest BCUT2D eigenvalue weighted by Crippen LogP contribution is 2.27. The van der Waals surface area contributed by atoms with Crippen LogP contribution in [0.4, 0.5) is 0 Å². The monoisotopic (exact) mass is 294 g/mol. The van der Waals surface area contributed by atoms with Gasteiger partial charge < -0.3 is 10.3 Å². The molecular formula is C12H14N4OS2. The van der Waals surface area contributed by atoms with Gasteiger partial charge in [-0.15, -0.1) is 28.1 Å². The summed E-state index contributed by atoms with van der Waals surface area (Å²) in [7, 11) is 0. The zero-order chi connectivity index (χ0) is 13.7. The normalized spacial score (nSPS) is 10.5. The molecule has 0 aliphatic heterocycles. The Balaban J connectivity index is 2.29. The molecule has 7 heteroatoms. The van der Waals surface area contributed by atoms with Crippen molar-refractivity contribution in [3.05, 3.63) is 30.2 Å². The highest BCUT2D eigenvalue weighted by Gasteiger charge is 2.15. The summed E-state index contributed by atoms with van der Waals surface area (Å²) in [6, 6.07) is 3.95. The zero-order valence-electron chi connectivity index (χ0n) is 10.3. The van der Waals surface area contributed by atoms with E-state index in [-0.39, 0.29) is 12.3 Å². The molecule has 2 aromatic heterocycles.